The third kappa shape index (κ3) is 3.21. The molecule has 0 bridgehead atoms. The molecule has 0 aliphatic rings. The fraction of sp³-hybridized carbons (Fsp3) is 0.105. The fourth-order valence-electron chi connectivity index (χ4n) is 2.84. The lowest BCUT2D eigenvalue weighted by molar-refractivity contribution is -0.121. The predicted molar refractivity (Wildman–Crippen MR) is 95.8 cm³/mol. The zero-order valence-corrected chi connectivity index (χ0v) is 14.1. The number of carbonyl (C=O) groups excluding carboxylic acids is 1. The van der Waals surface area contributed by atoms with Gasteiger partial charge in [-0.15, -0.1) is 11.3 Å². The third-order valence-electron chi connectivity index (χ3n) is 3.98. The highest BCUT2D eigenvalue weighted by molar-refractivity contribution is 7.13. The lowest BCUT2D eigenvalue weighted by Crippen LogP contribution is -2.27. The first kappa shape index (κ1) is 15.7. The molecule has 126 valence electrons. The first-order chi connectivity index (χ1) is 12.2. The minimum atomic E-state index is -0.287. The number of hydrogen-bond acceptors (Lipinski definition) is 3. The van der Waals surface area contributed by atoms with Crippen molar-refractivity contribution in [3.63, 3.8) is 0 Å². The van der Waals surface area contributed by atoms with E-state index >= 15 is 0 Å². The molecular formula is C19H15FN2O2S. The van der Waals surface area contributed by atoms with E-state index < -0.39 is 0 Å². The van der Waals surface area contributed by atoms with Gasteiger partial charge in [-0.3, -0.25) is 4.79 Å². The fourth-order valence-corrected chi connectivity index (χ4v) is 3.59. The van der Waals surface area contributed by atoms with Crippen molar-refractivity contribution in [3.8, 4) is 10.6 Å². The van der Waals surface area contributed by atoms with Crippen LogP contribution in [0.3, 0.4) is 0 Å². The molecule has 0 aliphatic carbocycles. The van der Waals surface area contributed by atoms with Crippen molar-refractivity contribution < 1.29 is 13.6 Å². The van der Waals surface area contributed by atoms with Crippen LogP contribution < -0.4 is 5.32 Å². The summed E-state index contributed by atoms with van der Waals surface area (Å²) in [4.78, 5) is 13.4. The largest absolute Gasteiger partial charge is 0.467 e. The molecule has 1 amide bonds. The van der Waals surface area contributed by atoms with Crippen molar-refractivity contribution in [1.29, 1.82) is 0 Å². The SMILES string of the molecule is O=C(Cn1c(-c2cccs2)cc2cc(F)ccc21)NCc1ccco1. The molecule has 1 aromatic carbocycles. The van der Waals surface area contributed by atoms with Crippen LogP contribution in [0.1, 0.15) is 5.76 Å². The van der Waals surface area contributed by atoms with E-state index in [2.05, 4.69) is 5.32 Å². The van der Waals surface area contributed by atoms with Crippen molar-refractivity contribution in [1.82, 2.24) is 9.88 Å². The van der Waals surface area contributed by atoms with Crippen LogP contribution in [0.5, 0.6) is 0 Å². The molecule has 0 radical (unpaired) electrons. The number of rotatable bonds is 5. The van der Waals surface area contributed by atoms with Gasteiger partial charge in [-0.25, -0.2) is 4.39 Å². The van der Waals surface area contributed by atoms with E-state index in [9.17, 15) is 9.18 Å². The summed E-state index contributed by atoms with van der Waals surface area (Å²) in [5.41, 5.74) is 1.74. The topological polar surface area (TPSA) is 47.2 Å². The third-order valence-corrected chi connectivity index (χ3v) is 4.87. The Balaban J connectivity index is 1.65. The molecule has 25 heavy (non-hydrogen) atoms. The average molecular weight is 354 g/mol. The number of thiophene rings is 1. The van der Waals surface area contributed by atoms with Crippen LogP contribution in [0.4, 0.5) is 4.39 Å². The maximum Gasteiger partial charge on any atom is 0.240 e. The number of hydrogen-bond donors (Lipinski definition) is 1. The monoisotopic (exact) mass is 354 g/mol. The molecule has 3 heterocycles. The van der Waals surface area contributed by atoms with Gasteiger partial charge >= 0.3 is 0 Å². The van der Waals surface area contributed by atoms with E-state index in [1.54, 1.807) is 29.7 Å². The summed E-state index contributed by atoms with van der Waals surface area (Å²) in [6, 6.07) is 14.1. The quantitative estimate of drug-likeness (QED) is 0.577. The molecule has 4 rings (SSSR count). The van der Waals surface area contributed by atoms with Gasteiger partial charge in [0.1, 0.15) is 18.1 Å². The smallest absolute Gasteiger partial charge is 0.240 e. The second kappa shape index (κ2) is 6.57. The van der Waals surface area contributed by atoms with E-state index in [0.717, 1.165) is 21.5 Å². The first-order valence-electron chi connectivity index (χ1n) is 7.82. The number of furan rings is 1. The Kier molecular flexibility index (Phi) is 4.11. The van der Waals surface area contributed by atoms with E-state index in [1.807, 2.05) is 34.2 Å². The number of halogens is 1. The molecule has 1 N–H and O–H groups in total. The summed E-state index contributed by atoms with van der Waals surface area (Å²) in [5, 5.41) is 5.61. The molecule has 0 fully saturated rings. The summed E-state index contributed by atoms with van der Waals surface area (Å²) in [5.74, 6) is 0.284. The van der Waals surface area contributed by atoms with Gasteiger partial charge in [0.2, 0.25) is 5.91 Å². The number of carbonyl (C=O) groups is 1. The van der Waals surface area contributed by atoms with Crippen molar-refractivity contribution in [3.05, 3.63) is 71.8 Å². The number of amides is 1. The molecule has 4 aromatic rings. The molecule has 0 aliphatic heterocycles. The van der Waals surface area contributed by atoms with Gasteiger partial charge in [0.05, 0.1) is 23.4 Å². The van der Waals surface area contributed by atoms with Crippen LogP contribution in [0, 0.1) is 5.82 Å². The van der Waals surface area contributed by atoms with Crippen LogP contribution >= 0.6 is 11.3 Å². The summed E-state index contributed by atoms with van der Waals surface area (Å²) in [7, 11) is 0. The predicted octanol–water partition coefficient (Wildman–Crippen LogP) is 4.42. The Morgan fingerprint density at radius 3 is 2.88 bits per heavy atom. The van der Waals surface area contributed by atoms with Gasteiger partial charge < -0.3 is 14.3 Å². The molecular weight excluding hydrogens is 339 g/mol. The number of benzene rings is 1. The van der Waals surface area contributed by atoms with Gasteiger partial charge in [-0.2, -0.15) is 0 Å². The highest BCUT2D eigenvalue weighted by atomic mass is 32.1. The first-order valence-corrected chi connectivity index (χ1v) is 8.70. The number of fused-ring (bicyclic) bond motifs is 1. The van der Waals surface area contributed by atoms with Crippen LogP contribution in [0.2, 0.25) is 0 Å². The zero-order valence-electron chi connectivity index (χ0n) is 13.2. The van der Waals surface area contributed by atoms with Crippen LogP contribution in [0.25, 0.3) is 21.5 Å². The maximum absolute atomic E-state index is 13.6. The van der Waals surface area contributed by atoms with E-state index in [4.69, 9.17) is 4.42 Å². The van der Waals surface area contributed by atoms with Crippen molar-refractivity contribution >= 4 is 28.1 Å². The zero-order chi connectivity index (χ0) is 17.2. The second-order valence-corrected chi connectivity index (χ2v) is 6.60. The molecule has 3 aromatic heterocycles. The summed E-state index contributed by atoms with van der Waals surface area (Å²) in [6.45, 7) is 0.497. The lowest BCUT2D eigenvalue weighted by atomic mass is 10.2. The van der Waals surface area contributed by atoms with E-state index in [1.165, 1.54) is 12.1 Å². The van der Waals surface area contributed by atoms with Gasteiger partial charge in [0.15, 0.2) is 0 Å². The average Bonchev–Trinajstić information content (AvgIpc) is 3.34. The standard InChI is InChI=1S/C19H15FN2O2S/c20-14-5-6-16-13(9-14)10-17(18-4-2-8-25-18)22(16)12-19(23)21-11-15-3-1-7-24-15/h1-10H,11-12H2,(H,21,23). The summed E-state index contributed by atoms with van der Waals surface area (Å²) >= 11 is 1.59. The molecule has 0 saturated carbocycles. The Morgan fingerprint density at radius 1 is 1.20 bits per heavy atom. The highest BCUT2D eigenvalue weighted by Crippen LogP contribution is 2.31. The minimum absolute atomic E-state index is 0.129. The molecule has 0 spiro atoms. The minimum Gasteiger partial charge on any atom is -0.467 e. The normalized spacial score (nSPS) is 11.1. The maximum atomic E-state index is 13.6. The van der Waals surface area contributed by atoms with Crippen LogP contribution in [-0.2, 0) is 17.9 Å². The highest BCUT2D eigenvalue weighted by Gasteiger charge is 2.15. The molecule has 4 nitrogen and oxygen atoms in total. The number of nitrogens with zero attached hydrogens (tertiary/aromatic N) is 1. The van der Waals surface area contributed by atoms with Gasteiger partial charge in [-0.1, -0.05) is 6.07 Å². The molecule has 6 heteroatoms. The molecule has 0 atom stereocenters. The second-order valence-electron chi connectivity index (χ2n) is 5.65. The van der Waals surface area contributed by atoms with E-state index in [-0.39, 0.29) is 18.3 Å². The summed E-state index contributed by atoms with van der Waals surface area (Å²) in [6.07, 6.45) is 1.57. The van der Waals surface area contributed by atoms with Gasteiger partial charge in [0, 0.05) is 10.9 Å². The Morgan fingerprint density at radius 2 is 2.12 bits per heavy atom. The Labute approximate surface area is 147 Å². The lowest BCUT2D eigenvalue weighted by Gasteiger charge is -2.10. The number of aromatic nitrogens is 1. The van der Waals surface area contributed by atoms with Crippen LogP contribution in [-0.4, -0.2) is 10.5 Å². The number of nitrogens with one attached hydrogen (secondary N) is 1. The van der Waals surface area contributed by atoms with Gasteiger partial charge in [-0.05, 0) is 47.8 Å². The molecule has 0 unspecified atom stereocenters. The van der Waals surface area contributed by atoms with E-state index in [0.29, 0.717) is 12.3 Å². The Bertz CT molecular complexity index is 1000. The molecule has 0 saturated heterocycles. The van der Waals surface area contributed by atoms with Crippen molar-refractivity contribution in [2.45, 2.75) is 13.1 Å². The van der Waals surface area contributed by atoms with Gasteiger partial charge in [0.25, 0.3) is 0 Å². The Hall–Kier alpha value is -2.86. The van der Waals surface area contributed by atoms with Crippen molar-refractivity contribution in [2.75, 3.05) is 0 Å². The van der Waals surface area contributed by atoms with Crippen molar-refractivity contribution in [2.24, 2.45) is 0 Å². The summed E-state index contributed by atoms with van der Waals surface area (Å²) < 4.78 is 20.7. The van der Waals surface area contributed by atoms with Crippen LogP contribution in [0.15, 0.2) is 64.6 Å².